The Morgan fingerprint density at radius 2 is 1.92 bits per heavy atom. The normalized spacial score (nSPS) is 13.6. The molecule has 0 aliphatic heterocycles. The molecule has 132 valence electrons. The summed E-state index contributed by atoms with van der Waals surface area (Å²) >= 11 is 0. The molecule has 6 heteroatoms. The summed E-state index contributed by atoms with van der Waals surface area (Å²) < 4.78 is 5.71. The van der Waals surface area contributed by atoms with Crippen LogP contribution < -0.4 is 5.32 Å². The highest BCUT2D eigenvalue weighted by molar-refractivity contribution is 5.90. The first-order valence-corrected chi connectivity index (χ1v) is 8.75. The highest BCUT2D eigenvalue weighted by Gasteiger charge is 2.26. The Morgan fingerprint density at radius 1 is 1.15 bits per heavy atom. The third kappa shape index (κ3) is 3.64. The Hall–Kier alpha value is -3.02. The van der Waals surface area contributed by atoms with Gasteiger partial charge >= 0.3 is 0 Å². The maximum absolute atomic E-state index is 12.4. The van der Waals surface area contributed by atoms with Crippen LogP contribution in [-0.4, -0.2) is 20.9 Å². The number of benzene rings is 1. The smallest absolute Gasteiger partial charge is 0.232 e. The maximum Gasteiger partial charge on any atom is 0.232 e. The molecule has 1 N–H and O–H groups in total. The SMILES string of the molecule is Cc1cc(C2CC2)nc(NC(=O)Cc2nc(-c3ccccc3)oc2C)n1. The molecule has 1 fully saturated rings. The van der Waals surface area contributed by atoms with E-state index < -0.39 is 0 Å². The van der Waals surface area contributed by atoms with Crippen molar-refractivity contribution in [3.8, 4) is 11.5 Å². The predicted molar refractivity (Wildman–Crippen MR) is 97.8 cm³/mol. The van der Waals surface area contributed by atoms with Gasteiger partial charge in [-0.3, -0.25) is 10.1 Å². The van der Waals surface area contributed by atoms with Crippen LogP contribution in [0, 0.1) is 13.8 Å². The minimum Gasteiger partial charge on any atom is -0.441 e. The summed E-state index contributed by atoms with van der Waals surface area (Å²) in [6, 6.07) is 11.6. The molecule has 4 rings (SSSR count). The van der Waals surface area contributed by atoms with E-state index in [2.05, 4.69) is 20.3 Å². The van der Waals surface area contributed by atoms with E-state index in [4.69, 9.17) is 4.42 Å². The molecule has 0 bridgehead atoms. The molecule has 0 spiro atoms. The number of carbonyl (C=O) groups is 1. The first-order chi connectivity index (χ1) is 12.6. The molecule has 6 nitrogen and oxygen atoms in total. The Labute approximate surface area is 151 Å². The van der Waals surface area contributed by atoms with E-state index in [0.717, 1.165) is 29.8 Å². The van der Waals surface area contributed by atoms with E-state index >= 15 is 0 Å². The second-order valence-corrected chi connectivity index (χ2v) is 6.64. The van der Waals surface area contributed by atoms with Crippen molar-refractivity contribution in [2.75, 3.05) is 5.32 Å². The third-order valence-electron chi connectivity index (χ3n) is 4.36. The molecule has 0 unspecified atom stereocenters. The van der Waals surface area contributed by atoms with Crippen molar-refractivity contribution in [3.63, 3.8) is 0 Å². The van der Waals surface area contributed by atoms with Crippen molar-refractivity contribution in [1.82, 2.24) is 15.0 Å². The maximum atomic E-state index is 12.4. The number of nitrogens with zero attached hydrogens (tertiary/aromatic N) is 3. The molecule has 0 saturated heterocycles. The van der Waals surface area contributed by atoms with Gasteiger partial charge in [-0.05, 0) is 44.9 Å². The minimum absolute atomic E-state index is 0.123. The van der Waals surface area contributed by atoms with Crippen LogP contribution in [0.1, 0.15) is 41.6 Å². The summed E-state index contributed by atoms with van der Waals surface area (Å²) in [5.74, 6) is 1.84. The molecule has 1 aliphatic carbocycles. The number of aromatic nitrogens is 3. The van der Waals surface area contributed by atoms with Crippen molar-refractivity contribution in [2.45, 2.75) is 39.0 Å². The Morgan fingerprint density at radius 3 is 2.65 bits per heavy atom. The van der Waals surface area contributed by atoms with Gasteiger partial charge in [-0.25, -0.2) is 15.0 Å². The molecule has 26 heavy (non-hydrogen) atoms. The van der Waals surface area contributed by atoms with Crippen molar-refractivity contribution in [3.05, 3.63) is 59.2 Å². The number of anilines is 1. The molecule has 1 aromatic carbocycles. The van der Waals surface area contributed by atoms with E-state index in [9.17, 15) is 4.79 Å². The molecule has 1 amide bonds. The Kier molecular flexibility index (Phi) is 4.24. The highest BCUT2D eigenvalue weighted by atomic mass is 16.4. The first kappa shape index (κ1) is 16.4. The van der Waals surface area contributed by atoms with Crippen LogP contribution in [0.4, 0.5) is 5.95 Å². The topological polar surface area (TPSA) is 80.9 Å². The zero-order valence-electron chi connectivity index (χ0n) is 14.8. The summed E-state index contributed by atoms with van der Waals surface area (Å²) in [7, 11) is 0. The van der Waals surface area contributed by atoms with Crippen molar-refractivity contribution >= 4 is 11.9 Å². The number of nitrogens with one attached hydrogen (secondary N) is 1. The number of carbonyl (C=O) groups excluding carboxylic acids is 1. The lowest BCUT2D eigenvalue weighted by Crippen LogP contribution is -2.17. The fraction of sp³-hybridized carbons (Fsp3) is 0.300. The van der Waals surface area contributed by atoms with E-state index in [-0.39, 0.29) is 12.3 Å². The van der Waals surface area contributed by atoms with Gasteiger partial charge in [-0.2, -0.15) is 0 Å². The molecule has 2 aromatic heterocycles. The molecular weight excluding hydrogens is 328 g/mol. The number of amides is 1. The van der Waals surface area contributed by atoms with Gasteiger partial charge in [-0.1, -0.05) is 18.2 Å². The molecule has 1 saturated carbocycles. The van der Waals surface area contributed by atoms with Gasteiger partial charge in [0.25, 0.3) is 0 Å². The monoisotopic (exact) mass is 348 g/mol. The Balaban J connectivity index is 1.48. The molecule has 3 aromatic rings. The van der Waals surface area contributed by atoms with E-state index in [1.807, 2.05) is 50.2 Å². The van der Waals surface area contributed by atoms with Crippen LogP contribution in [0.3, 0.4) is 0 Å². The third-order valence-corrected chi connectivity index (χ3v) is 4.36. The number of hydrogen-bond acceptors (Lipinski definition) is 5. The van der Waals surface area contributed by atoms with Gasteiger partial charge in [0.2, 0.25) is 17.7 Å². The standard InChI is InChI=1S/C20H20N4O2/c1-12-10-17(14-8-9-14)23-20(21-12)24-18(25)11-16-13(2)26-19(22-16)15-6-4-3-5-7-15/h3-7,10,14H,8-9,11H2,1-2H3,(H,21,23,24,25). The minimum atomic E-state index is -0.201. The van der Waals surface area contributed by atoms with Gasteiger partial charge in [0.1, 0.15) is 5.76 Å². The fourth-order valence-corrected chi connectivity index (χ4v) is 2.85. The lowest BCUT2D eigenvalue weighted by Gasteiger charge is -2.06. The highest BCUT2D eigenvalue weighted by Crippen LogP contribution is 2.39. The second-order valence-electron chi connectivity index (χ2n) is 6.64. The van der Waals surface area contributed by atoms with Crippen LogP contribution in [-0.2, 0) is 11.2 Å². The average molecular weight is 348 g/mol. The summed E-state index contributed by atoms with van der Waals surface area (Å²) in [6.07, 6.45) is 2.44. The number of aryl methyl sites for hydroxylation is 2. The van der Waals surface area contributed by atoms with Crippen molar-refractivity contribution < 1.29 is 9.21 Å². The van der Waals surface area contributed by atoms with Crippen LogP contribution in [0.15, 0.2) is 40.8 Å². The van der Waals surface area contributed by atoms with Gasteiger partial charge in [0, 0.05) is 22.9 Å². The molecular formula is C20H20N4O2. The van der Waals surface area contributed by atoms with Crippen LogP contribution in [0.5, 0.6) is 0 Å². The van der Waals surface area contributed by atoms with Crippen LogP contribution in [0.2, 0.25) is 0 Å². The zero-order valence-corrected chi connectivity index (χ0v) is 14.8. The number of hydrogen-bond donors (Lipinski definition) is 1. The van der Waals surface area contributed by atoms with Gasteiger partial charge in [0.15, 0.2) is 0 Å². The Bertz CT molecular complexity index is 946. The zero-order chi connectivity index (χ0) is 18.1. The summed E-state index contributed by atoms with van der Waals surface area (Å²) in [6.45, 7) is 3.73. The molecule has 2 heterocycles. The summed E-state index contributed by atoms with van der Waals surface area (Å²) in [5, 5.41) is 2.79. The lowest BCUT2D eigenvalue weighted by atomic mass is 10.2. The quantitative estimate of drug-likeness (QED) is 0.758. The van der Waals surface area contributed by atoms with Crippen LogP contribution in [0.25, 0.3) is 11.5 Å². The molecule has 0 radical (unpaired) electrons. The average Bonchev–Trinajstić information content (AvgIpc) is 3.40. The van der Waals surface area contributed by atoms with Crippen molar-refractivity contribution in [2.24, 2.45) is 0 Å². The summed E-state index contributed by atoms with van der Waals surface area (Å²) in [4.78, 5) is 25.7. The van der Waals surface area contributed by atoms with Gasteiger partial charge in [-0.15, -0.1) is 0 Å². The van der Waals surface area contributed by atoms with E-state index in [1.54, 1.807) is 0 Å². The fourth-order valence-electron chi connectivity index (χ4n) is 2.85. The number of oxazole rings is 1. The summed E-state index contributed by atoms with van der Waals surface area (Å²) in [5.41, 5.74) is 3.38. The van der Waals surface area contributed by atoms with E-state index in [1.165, 1.54) is 0 Å². The largest absolute Gasteiger partial charge is 0.441 e. The first-order valence-electron chi connectivity index (χ1n) is 8.75. The number of rotatable bonds is 5. The van der Waals surface area contributed by atoms with Crippen molar-refractivity contribution in [1.29, 1.82) is 0 Å². The second kappa shape index (κ2) is 6.71. The van der Waals surface area contributed by atoms with E-state index in [0.29, 0.717) is 29.2 Å². The molecule has 0 atom stereocenters. The van der Waals surface area contributed by atoms with Gasteiger partial charge < -0.3 is 4.42 Å². The lowest BCUT2D eigenvalue weighted by molar-refractivity contribution is -0.115. The van der Waals surface area contributed by atoms with Crippen LogP contribution >= 0.6 is 0 Å². The van der Waals surface area contributed by atoms with Gasteiger partial charge in [0.05, 0.1) is 12.1 Å². The predicted octanol–water partition coefficient (Wildman–Crippen LogP) is 3.81. The molecule has 1 aliphatic rings.